The number of fused-ring (bicyclic) bond motifs is 2. The van der Waals surface area contributed by atoms with Crippen molar-refractivity contribution in [2.75, 3.05) is 11.1 Å². The van der Waals surface area contributed by atoms with Crippen LogP contribution >= 0.6 is 0 Å². The fraction of sp³-hybridized carbons (Fsp3) is 0.185. The van der Waals surface area contributed by atoms with Gasteiger partial charge in [0.1, 0.15) is 23.4 Å². The summed E-state index contributed by atoms with van der Waals surface area (Å²) in [6, 6.07) is 16.9. The molecule has 4 heterocycles. The lowest BCUT2D eigenvalue weighted by molar-refractivity contribution is 0.102. The number of aryl methyl sites for hydroxylation is 1. The highest BCUT2D eigenvalue weighted by atomic mass is 16.2. The molecule has 0 saturated heterocycles. The van der Waals surface area contributed by atoms with Gasteiger partial charge in [-0.05, 0) is 49.1 Å². The summed E-state index contributed by atoms with van der Waals surface area (Å²) in [5.41, 5.74) is 10.8. The molecule has 0 unspecified atom stereocenters. The smallest absolute Gasteiger partial charge is 0.284 e. The molecule has 9 heteroatoms. The molecular weight excluding hydrogens is 454 g/mol. The fourth-order valence-electron chi connectivity index (χ4n) is 5.07. The van der Waals surface area contributed by atoms with Crippen LogP contribution < -0.4 is 16.6 Å². The zero-order valence-electron chi connectivity index (χ0n) is 19.8. The number of carbonyl (C=O) groups excluding carboxylic acids is 1. The van der Waals surface area contributed by atoms with E-state index < -0.39 is 5.91 Å². The van der Waals surface area contributed by atoms with E-state index in [0.29, 0.717) is 24.5 Å². The number of amides is 1. The number of nitrogens with zero attached hydrogens (tertiary/aromatic N) is 5. The molecule has 0 fully saturated rings. The van der Waals surface area contributed by atoms with E-state index in [4.69, 9.17) is 5.73 Å². The molecule has 0 spiro atoms. The predicted octanol–water partition coefficient (Wildman–Crippen LogP) is 3.76. The second kappa shape index (κ2) is 8.53. The van der Waals surface area contributed by atoms with E-state index in [0.717, 1.165) is 46.4 Å². The summed E-state index contributed by atoms with van der Waals surface area (Å²) in [6.45, 7) is 0.708. The maximum absolute atomic E-state index is 13.4. The van der Waals surface area contributed by atoms with Crippen molar-refractivity contribution in [2.24, 2.45) is 7.05 Å². The molecule has 3 aromatic heterocycles. The molecule has 0 saturated carbocycles. The summed E-state index contributed by atoms with van der Waals surface area (Å²) in [5, 5.41) is 3.72. The van der Waals surface area contributed by atoms with Crippen LogP contribution in [0.3, 0.4) is 0 Å². The minimum atomic E-state index is -0.393. The minimum absolute atomic E-state index is 0.210. The molecule has 0 radical (unpaired) electrons. The third-order valence-electron chi connectivity index (χ3n) is 6.75. The highest BCUT2D eigenvalue weighted by Crippen LogP contribution is 2.32. The van der Waals surface area contributed by atoms with Gasteiger partial charge in [0.2, 0.25) is 0 Å². The first-order valence-electron chi connectivity index (χ1n) is 11.9. The second-order valence-electron chi connectivity index (χ2n) is 9.00. The van der Waals surface area contributed by atoms with Gasteiger partial charge in [0.25, 0.3) is 11.5 Å². The summed E-state index contributed by atoms with van der Waals surface area (Å²) in [7, 11) is 1.91. The van der Waals surface area contributed by atoms with Crippen LogP contribution in [0.2, 0.25) is 0 Å². The van der Waals surface area contributed by atoms with Gasteiger partial charge < -0.3 is 15.6 Å². The Balaban J connectivity index is 1.33. The van der Waals surface area contributed by atoms with E-state index in [2.05, 4.69) is 15.3 Å². The van der Waals surface area contributed by atoms with Crippen LogP contribution in [0.15, 0.2) is 71.9 Å². The lowest BCUT2D eigenvalue weighted by Gasteiger charge is -2.19. The molecule has 36 heavy (non-hydrogen) atoms. The van der Waals surface area contributed by atoms with Crippen LogP contribution in [0.5, 0.6) is 0 Å². The summed E-state index contributed by atoms with van der Waals surface area (Å²) in [6.07, 6.45) is 6.03. The van der Waals surface area contributed by atoms with Gasteiger partial charge in [-0.1, -0.05) is 30.3 Å². The van der Waals surface area contributed by atoms with Gasteiger partial charge in [0.05, 0.1) is 16.8 Å². The number of nitrogen functional groups attached to an aromatic ring is 1. The minimum Gasteiger partial charge on any atom is -0.383 e. The van der Waals surface area contributed by atoms with Gasteiger partial charge in [0.15, 0.2) is 0 Å². The Morgan fingerprint density at radius 3 is 2.58 bits per heavy atom. The van der Waals surface area contributed by atoms with Crippen molar-refractivity contribution in [2.45, 2.75) is 25.8 Å². The van der Waals surface area contributed by atoms with Crippen molar-refractivity contribution in [3.05, 3.63) is 88.7 Å². The van der Waals surface area contributed by atoms with Crippen LogP contribution in [-0.4, -0.2) is 29.8 Å². The molecule has 1 aliphatic rings. The third-order valence-corrected chi connectivity index (χ3v) is 6.75. The Hall–Kier alpha value is -4.66. The number of nitrogens with two attached hydrogens (primary N) is 1. The topological polar surface area (TPSA) is 113 Å². The van der Waals surface area contributed by atoms with E-state index in [1.165, 1.54) is 6.33 Å². The van der Waals surface area contributed by atoms with Crippen LogP contribution in [0.25, 0.3) is 27.8 Å². The first-order valence-corrected chi connectivity index (χ1v) is 11.9. The normalized spacial score (nSPS) is 13.0. The highest BCUT2D eigenvalue weighted by Gasteiger charge is 2.27. The van der Waals surface area contributed by atoms with Gasteiger partial charge >= 0.3 is 0 Å². The standard InChI is InChI=1S/C27H25N7O2/c1-32-15-20(22-24(28)29-16-30-25(22)32)17-10-12-18(13-11-17)31-26(35)23-21-9-5-6-14-33(21)34(27(23)36)19-7-3-2-4-8-19/h2-4,7-8,10-13,15-16H,5-6,9,14H2,1H3,(H,31,35)(H2,28,29,30). The number of rotatable bonds is 4. The molecule has 0 atom stereocenters. The van der Waals surface area contributed by atoms with E-state index in [1.54, 1.807) is 4.68 Å². The lowest BCUT2D eigenvalue weighted by Crippen LogP contribution is -2.25. The number of aromatic nitrogens is 5. The van der Waals surface area contributed by atoms with Crippen LogP contribution in [0, 0.1) is 0 Å². The van der Waals surface area contributed by atoms with E-state index in [9.17, 15) is 9.59 Å². The predicted molar refractivity (Wildman–Crippen MR) is 139 cm³/mol. The summed E-state index contributed by atoms with van der Waals surface area (Å²) >= 11 is 0. The average molecular weight is 480 g/mol. The summed E-state index contributed by atoms with van der Waals surface area (Å²) < 4.78 is 5.48. The van der Waals surface area contributed by atoms with Crippen molar-refractivity contribution in [3.63, 3.8) is 0 Å². The zero-order chi connectivity index (χ0) is 24.8. The van der Waals surface area contributed by atoms with Crippen LogP contribution in [-0.2, 0) is 20.0 Å². The number of nitrogens with one attached hydrogen (secondary N) is 1. The molecule has 0 bridgehead atoms. The van der Waals surface area contributed by atoms with Crippen molar-refractivity contribution in [1.82, 2.24) is 23.9 Å². The number of hydrogen-bond acceptors (Lipinski definition) is 5. The SMILES string of the molecule is Cn1cc(-c2ccc(NC(=O)c3c4n(n(-c5ccccc5)c3=O)CCCC4)cc2)c2c(N)ncnc21. The zero-order valence-corrected chi connectivity index (χ0v) is 19.8. The van der Waals surface area contributed by atoms with Gasteiger partial charge in [0, 0.05) is 31.0 Å². The molecule has 180 valence electrons. The Kier molecular flexibility index (Phi) is 5.18. The van der Waals surface area contributed by atoms with Crippen LogP contribution in [0.1, 0.15) is 28.9 Å². The van der Waals surface area contributed by atoms with Crippen LogP contribution in [0.4, 0.5) is 11.5 Å². The average Bonchev–Trinajstić information content (AvgIpc) is 3.39. The molecule has 9 nitrogen and oxygen atoms in total. The van der Waals surface area contributed by atoms with Crippen molar-refractivity contribution in [3.8, 4) is 16.8 Å². The van der Waals surface area contributed by atoms with Gasteiger partial charge in [-0.2, -0.15) is 0 Å². The third kappa shape index (κ3) is 3.48. The molecule has 1 aliphatic heterocycles. The highest BCUT2D eigenvalue weighted by molar-refractivity contribution is 6.05. The fourth-order valence-corrected chi connectivity index (χ4v) is 5.07. The molecule has 5 aromatic rings. The monoisotopic (exact) mass is 479 g/mol. The second-order valence-corrected chi connectivity index (χ2v) is 9.00. The maximum Gasteiger partial charge on any atom is 0.284 e. The van der Waals surface area contributed by atoms with E-state index >= 15 is 0 Å². The van der Waals surface area contributed by atoms with Gasteiger partial charge in [-0.25, -0.2) is 14.6 Å². The number of carbonyl (C=O) groups is 1. The first-order chi connectivity index (χ1) is 17.5. The number of anilines is 2. The van der Waals surface area contributed by atoms with Gasteiger partial charge in [-0.15, -0.1) is 0 Å². The van der Waals surface area contributed by atoms with Crippen molar-refractivity contribution in [1.29, 1.82) is 0 Å². The number of hydrogen-bond donors (Lipinski definition) is 2. The summed E-state index contributed by atoms with van der Waals surface area (Å²) in [5.74, 6) is 0.0250. The Bertz CT molecular complexity index is 1660. The largest absolute Gasteiger partial charge is 0.383 e. The summed E-state index contributed by atoms with van der Waals surface area (Å²) in [4.78, 5) is 35.3. The number of para-hydroxylation sites is 1. The Morgan fingerprint density at radius 1 is 1.03 bits per heavy atom. The molecule has 3 N–H and O–H groups in total. The molecular formula is C27H25N7O2. The first kappa shape index (κ1) is 21.8. The van der Waals surface area contributed by atoms with Crippen molar-refractivity contribution < 1.29 is 4.79 Å². The van der Waals surface area contributed by atoms with E-state index in [-0.39, 0.29) is 11.1 Å². The number of benzene rings is 2. The molecule has 2 aromatic carbocycles. The van der Waals surface area contributed by atoms with Gasteiger partial charge in [-0.3, -0.25) is 14.3 Å². The maximum atomic E-state index is 13.4. The lowest BCUT2D eigenvalue weighted by atomic mass is 10.0. The molecule has 1 amide bonds. The molecule has 0 aliphatic carbocycles. The Morgan fingerprint density at radius 2 is 1.81 bits per heavy atom. The van der Waals surface area contributed by atoms with E-state index in [1.807, 2.05) is 77.1 Å². The molecule has 6 rings (SSSR count). The van der Waals surface area contributed by atoms with Crippen molar-refractivity contribution >= 4 is 28.4 Å². The Labute approximate surface area is 206 Å². The quantitative estimate of drug-likeness (QED) is 0.408.